The predicted octanol–water partition coefficient (Wildman–Crippen LogP) is 2.51. The van der Waals surface area contributed by atoms with Crippen molar-refractivity contribution in [3.63, 3.8) is 0 Å². The molecule has 1 amide bonds. The molecule has 27 heavy (non-hydrogen) atoms. The number of carbonyl (C=O) groups is 1. The van der Waals surface area contributed by atoms with Crippen LogP contribution in [0.15, 0.2) is 4.99 Å². The van der Waals surface area contributed by atoms with E-state index in [1.807, 2.05) is 6.92 Å². The molecule has 2 aliphatic heterocycles. The number of ether oxygens (including phenoxy) is 1. The molecule has 2 saturated heterocycles. The highest BCUT2D eigenvalue weighted by atomic mass is 127. The van der Waals surface area contributed by atoms with E-state index < -0.39 is 0 Å². The monoisotopic (exact) mass is 495 g/mol. The molecule has 0 saturated carbocycles. The van der Waals surface area contributed by atoms with Crippen molar-refractivity contribution < 1.29 is 9.53 Å². The summed E-state index contributed by atoms with van der Waals surface area (Å²) in [5, 5.41) is 6.93. The van der Waals surface area contributed by atoms with Crippen LogP contribution in [0.1, 0.15) is 46.5 Å². The van der Waals surface area contributed by atoms with Gasteiger partial charge in [-0.05, 0) is 58.5 Å². The van der Waals surface area contributed by atoms with Crippen molar-refractivity contribution >= 4 is 36.0 Å². The number of carbonyl (C=O) groups excluding carboxylic acids is 1. The number of rotatable bonds is 6. The first-order valence-electron chi connectivity index (χ1n) is 10.3. The van der Waals surface area contributed by atoms with Gasteiger partial charge < -0.3 is 25.2 Å². The minimum absolute atomic E-state index is 0. The number of hydrogen-bond donors (Lipinski definition) is 2. The van der Waals surface area contributed by atoms with Gasteiger partial charge in [0.2, 0.25) is 0 Å². The Labute approximate surface area is 181 Å². The Morgan fingerprint density at radius 1 is 1.15 bits per heavy atom. The second-order valence-electron chi connectivity index (χ2n) is 7.23. The number of halogens is 1. The van der Waals surface area contributed by atoms with Gasteiger partial charge in [-0.3, -0.25) is 4.99 Å². The molecule has 2 aliphatic rings. The molecule has 2 heterocycles. The summed E-state index contributed by atoms with van der Waals surface area (Å²) in [7, 11) is 0. The summed E-state index contributed by atoms with van der Waals surface area (Å²) < 4.78 is 5.09. The van der Waals surface area contributed by atoms with E-state index in [9.17, 15) is 4.79 Å². The van der Waals surface area contributed by atoms with E-state index in [0.717, 1.165) is 58.1 Å². The fraction of sp³-hybridized carbons (Fsp3) is 0.895. The van der Waals surface area contributed by atoms with Gasteiger partial charge >= 0.3 is 6.09 Å². The maximum absolute atomic E-state index is 11.8. The van der Waals surface area contributed by atoms with Gasteiger partial charge in [-0.2, -0.15) is 0 Å². The van der Waals surface area contributed by atoms with Crippen LogP contribution in [0.2, 0.25) is 0 Å². The third kappa shape index (κ3) is 8.41. The second kappa shape index (κ2) is 13.4. The number of aliphatic imine (C=N–C) groups is 1. The van der Waals surface area contributed by atoms with Crippen LogP contribution in [0.3, 0.4) is 0 Å². The van der Waals surface area contributed by atoms with Crippen LogP contribution in [0.4, 0.5) is 4.79 Å². The second-order valence-corrected chi connectivity index (χ2v) is 7.23. The third-order valence-electron chi connectivity index (χ3n) is 5.26. The quantitative estimate of drug-likeness (QED) is 0.337. The molecule has 0 bridgehead atoms. The SMILES string of the molecule is CCNC(=NCC1CCCN(CC)C1)NC1CCN(C(=O)OCC)CC1.I. The van der Waals surface area contributed by atoms with Crippen LogP contribution in [-0.4, -0.2) is 80.3 Å². The minimum Gasteiger partial charge on any atom is -0.450 e. The first-order chi connectivity index (χ1) is 12.7. The molecule has 0 aromatic rings. The Morgan fingerprint density at radius 2 is 1.89 bits per heavy atom. The van der Waals surface area contributed by atoms with Gasteiger partial charge in [-0.15, -0.1) is 24.0 Å². The topological polar surface area (TPSA) is 69.2 Å². The molecule has 0 aliphatic carbocycles. The van der Waals surface area contributed by atoms with E-state index in [4.69, 9.17) is 9.73 Å². The first-order valence-corrected chi connectivity index (χ1v) is 10.3. The summed E-state index contributed by atoms with van der Waals surface area (Å²) in [6.45, 7) is 13.4. The van der Waals surface area contributed by atoms with Crippen LogP contribution in [0.25, 0.3) is 0 Å². The van der Waals surface area contributed by atoms with E-state index in [1.165, 1.54) is 19.4 Å². The van der Waals surface area contributed by atoms with Gasteiger partial charge in [0.25, 0.3) is 0 Å². The smallest absolute Gasteiger partial charge is 0.409 e. The molecular formula is C19H38IN5O2. The Hall–Kier alpha value is -0.770. The average molecular weight is 495 g/mol. The van der Waals surface area contributed by atoms with Crippen LogP contribution >= 0.6 is 24.0 Å². The fourth-order valence-corrected chi connectivity index (χ4v) is 3.74. The zero-order valence-electron chi connectivity index (χ0n) is 17.2. The van der Waals surface area contributed by atoms with Crippen molar-refractivity contribution in [1.29, 1.82) is 0 Å². The molecule has 0 aromatic carbocycles. The molecule has 2 rings (SSSR count). The van der Waals surface area contributed by atoms with Crippen LogP contribution in [0, 0.1) is 5.92 Å². The van der Waals surface area contributed by atoms with E-state index >= 15 is 0 Å². The lowest BCUT2D eigenvalue weighted by Gasteiger charge is -2.33. The number of piperidine rings is 2. The molecule has 0 radical (unpaired) electrons. The molecule has 2 fully saturated rings. The number of nitrogens with one attached hydrogen (secondary N) is 2. The van der Waals surface area contributed by atoms with Crippen molar-refractivity contribution in [3.05, 3.63) is 0 Å². The van der Waals surface area contributed by atoms with Crippen molar-refractivity contribution in [1.82, 2.24) is 20.4 Å². The summed E-state index contributed by atoms with van der Waals surface area (Å²) in [6, 6.07) is 0.358. The minimum atomic E-state index is -0.190. The molecule has 0 spiro atoms. The zero-order chi connectivity index (χ0) is 18.8. The highest BCUT2D eigenvalue weighted by Crippen LogP contribution is 2.16. The highest BCUT2D eigenvalue weighted by molar-refractivity contribution is 14.0. The maximum atomic E-state index is 11.8. The van der Waals surface area contributed by atoms with Crippen molar-refractivity contribution in [3.8, 4) is 0 Å². The molecule has 1 atom stereocenters. The molecule has 0 aromatic heterocycles. The maximum Gasteiger partial charge on any atom is 0.409 e. The van der Waals surface area contributed by atoms with Gasteiger partial charge in [0.05, 0.1) is 6.61 Å². The summed E-state index contributed by atoms with van der Waals surface area (Å²) >= 11 is 0. The molecule has 8 heteroatoms. The number of hydrogen-bond acceptors (Lipinski definition) is 4. The highest BCUT2D eigenvalue weighted by Gasteiger charge is 2.24. The van der Waals surface area contributed by atoms with E-state index in [0.29, 0.717) is 18.6 Å². The molecule has 1 unspecified atom stereocenters. The third-order valence-corrected chi connectivity index (χ3v) is 5.26. The van der Waals surface area contributed by atoms with Crippen LogP contribution in [0.5, 0.6) is 0 Å². The van der Waals surface area contributed by atoms with E-state index in [1.54, 1.807) is 4.90 Å². The normalized spacial score (nSPS) is 22.1. The Kier molecular flexibility index (Phi) is 12.1. The van der Waals surface area contributed by atoms with E-state index in [2.05, 4.69) is 29.4 Å². The van der Waals surface area contributed by atoms with E-state index in [-0.39, 0.29) is 30.1 Å². The molecule has 7 nitrogen and oxygen atoms in total. The fourth-order valence-electron chi connectivity index (χ4n) is 3.74. The van der Waals surface area contributed by atoms with Crippen LogP contribution in [-0.2, 0) is 4.74 Å². The lowest BCUT2D eigenvalue weighted by molar-refractivity contribution is 0.0963. The molecule has 158 valence electrons. The van der Waals surface area contributed by atoms with Gasteiger partial charge in [0.15, 0.2) is 5.96 Å². The van der Waals surface area contributed by atoms with Crippen molar-refractivity contribution in [2.45, 2.75) is 52.5 Å². The van der Waals surface area contributed by atoms with Crippen molar-refractivity contribution in [2.75, 3.05) is 52.4 Å². The molecular weight excluding hydrogens is 457 g/mol. The molecule has 2 N–H and O–H groups in total. The van der Waals surface area contributed by atoms with Crippen molar-refractivity contribution in [2.24, 2.45) is 10.9 Å². The number of likely N-dealkylation sites (tertiary alicyclic amines) is 2. The Bertz CT molecular complexity index is 455. The summed E-state index contributed by atoms with van der Waals surface area (Å²) in [5.41, 5.74) is 0. The number of guanidine groups is 1. The van der Waals surface area contributed by atoms with Gasteiger partial charge in [0.1, 0.15) is 0 Å². The standard InChI is InChI=1S/C19H37N5O2.HI/c1-4-20-18(21-14-16-8-7-11-23(5-2)15-16)22-17-9-12-24(13-10-17)19(25)26-6-3;/h16-17H,4-15H2,1-3H3,(H2,20,21,22);1H. The lowest BCUT2D eigenvalue weighted by atomic mass is 9.98. The first kappa shape index (κ1) is 24.3. The lowest BCUT2D eigenvalue weighted by Crippen LogP contribution is -2.50. The van der Waals surface area contributed by atoms with Gasteiger partial charge in [-0.1, -0.05) is 6.92 Å². The Balaban J connectivity index is 0.00000364. The summed E-state index contributed by atoms with van der Waals surface area (Å²) in [4.78, 5) is 21.0. The van der Waals surface area contributed by atoms with Gasteiger partial charge in [0, 0.05) is 38.8 Å². The number of amides is 1. The summed E-state index contributed by atoms with van der Waals surface area (Å²) in [5.74, 6) is 1.57. The van der Waals surface area contributed by atoms with Gasteiger partial charge in [-0.25, -0.2) is 4.79 Å². The van der Waals surface area contributed by atoms with Crippen LogP contribution < -0.4 is 10.6 Å². The average Bonchev–Trinajstić information content (AvgIpc) is 2.67. The largest absolute Gasteiger partial charge is 0.450 e. The zero-order valence-corrected chi connectivity index (χ0v) is 19.5. The Morgan fingerprint density at radius 3 is 2.52 bits per heavy atom. The predicted molar refractivity (Wildman–Crippen MR) is 121 cm³/mol. The number of nitrogens with zero attached hydrogens (tertiary/aromatic N) is 3. The summed E-state index contributed by atoms with van der Waals surface area (Å²) in [6.07, 6.45) is 4.22.